The quantitative estimate of drug-likeness (QED) is 0.791. The predicted molar refractivity (Wildman–Crippen MR) is 69.9 cm³/mol. The van der Waals surface area contributed by atoms with E-state index in [1.807, 2.05) is 19.9 Å². The van der Waals surface area contributed by atoms with Crippen molar-refractivity contribution in [3.63, 3.8) is 0 Å². The highest BCUT2D eigenvalue weighted by Crippen LogP contribution is 2.45. The molecule has 1 heterocycles. The third-order valence-corrected chi connectivity index (χ3v) is 3.49. The second-order valence-electron chi connectivity index (χ2n) is 5.42. The van der Waals surface area contributed by atoms with Gasteiger partial charge in [0.15, 0.2) is 0 Å². The van der Waals surface area contributed by atoms with Crippen molar-refractivity contribution >= 4 is 0 Å². The average molecular weight is 232 g/mol. The molecule has 0 unspecified atom stereocenters. The summed E-state index contributed by atoms with van der Waals surface area (Å²) in [5.41, 5.74) is 3.91. The molecule has 17 heavy (non-hydrogen) atoms. The van der Waals surface area contributed by atoms with Gasteiger partial charge in [-0.3, -0.25) is 0 Å². The van der Waals surface area contributed by atoms with E-state index in [4.69, 9.17) is 4.74 Å². The number of phenols is 1. The Morgan fingerprint density at radius 1 is 1.35 bits per heavy atom. The molecular formula is C15H20O2. The average Bonchev–Trinajstić information content (AvgIpc) is 2.57. The molecule has 1 N–H and O–H groups in total. The Balaban J connectivity index is 2.68. The maximum Gasteiger partial charge on any atom is 0.127 e. The van der Waals surface area contributed by atoms with E-state index in [-0.39, 0.29) is 5.60 Å². The van der Waals surface area contributed by atoms with Crippen LogP contribution in [0.1, 0.15) is 36.1 Å². The number of benzene rings is 1. The van der Waals surface area contributed by atoms with Crippen LogP contribution < -0.4 is 4.74 Å². The molecule has 1 aliphatic rings. The molecule has 1 aromatic carbocycles. The molecular weight excluding hydrogens is 212 g/mol. The summed E-state index contributed by atoms with van der Waals surface area (Å²) in [5.74, 6) is 1.37. The highest BCUT2D eigenvalue weighted by atomic mass is 16.5. The Morgan fingerprint density at radius 2 is 2.00 bits per heavy atom. The first kappa shape index (κ1) is 12.0. The molecule has 0 fully saturated rings. The molecule has 0 saturated heterocycles. The lowest BCUT2D eigenvalue weighted by Crippen LogP contribution is -2.25. The lowest BCUT2D eigenvalue weighted by atomic mass is 9.92. The summed E-state index contributed by atoms with van der Waals surface area (Å²) in [6, 6.07) is 0. The smallest absolute Gasteiger partial charge is 0.127 e. The fourth-order valence-electron chi connectivity index (χ4n) is 2.55. The normalized spacial score (nSPS) is 16.5. The maximum absolute atomic E-state index is 10.2. The van der Waals surface area contributed by atoms with Gasteiger partial charge in [-0.1, -0.05) is 6.08 Å². The van der Waals surface area contributed by atoms with Crippen LogP contribution in [0, 0.1) is 13.8 Å². The zero-order chi connectivity index (χ0) is 12.8. The Morgan fingerprint density at radius 3 is 2.59 bits per heavy atom. The Bertz CT molecular complexity index is 484. The van der Waals surface area contributed by atoms with E-state index in [0.717, 1.165) is 40.8 Å². The van der Waals surface area contributed by atoms with Gasteiger partial charge in [0.1, 0.15) is 17.1 Å². The van der Waals surface area contributed by atoms with Crippen LogP contribution in [0.25, 0.3) is 0 Å². The second-order valence-corrected chi connectivity index (χ2v) is 5.42. The van der Waals surface area contributed by atoms with Gasteiger partial charge in [0.2, 0.25) is 0 Å². The summed E-state index contributed by atoms with van der Waals surface area (Å²) in [4.78, 5) is 0. The molecule has 0 aromatic heterocycles. The molecule has 1 aliphatic heterocycles. The van der Waals surface area contributed by atoms with Crippen LogP contribution in [-0.2, 0) is 12.8 Å². The van der Waals surface area contributed by atoms with Crippen LogP contribution in [-0.4, -0.2) is 10.7 Å². The number of aromatic hydroxyl groups is 1. The molecule has 92 valence electrons. The third-order valence-electron chi connectivity index (χ3n) is 3.49. The predicted octanol–water partition coefficient (Wildman–Crippen LogP) is 3.45. The van der Waals surface area contributed by atoms with Crippen molar-refractivity contribution in [1.29, 1.82) is 0 Å². The zero-order valence-electron chi connectivity index (χ0n) is 11.1. The van der Waals surface area contributed by atoms with Crippen LogP contribution in [0.2, 0.25) is 0 Å². The fourth-order valence-corrected chi connectivity index (χ4v) is 2.55. The first-order valence-corrected chi connectivity index (χ1v) is 6.01. The Kier molecular flexibility index (Phi) is 2.69. The van der Waals surface area contributed by atoms with E-state index < -0.39 is 0 Å². The van der Waals surface area contributed by atoms with Crippen LogP contribution in [0.15, 0.2) is 12.7 Å². The van der Waals surface area contributed by atoms with Crippen LogP contribution >= 0.6 is 0 Å². The molecule has 0 amide bonds. The molecule has 2 rings (SSSR count). The van der Waals surface area contributed by atoms with E-state index >= 15 is 0 Å². The van der Waals surface area contributed by atoms with Crippen molar-refractivity contribution in [1.82, 2.24) is 0 Å². The fraction of sp³-hybridized carbons (Fsp3) is 0.467. The van der Waals surface area contributed by atoms with Gasteiger partial charge in [0.25, 0.3) is 0 Å². The van der Waals surface area contributed by atoms with E-state index in [1.54, 1.807) is 0 Å². The lowest BCUT2D eigenvalue weighted by molar-refractivity contribution is 0.137. The monoisotopic (exact) mass is 232 g/mol. The van der Waals surface area contributed by atoms with E-state index in [9.17, 15) is 5.11 Å². The number of hydrogen-bond acceptors (Lipinski definition) is 2. The first-order valence-electron chi connectivity index (χ1n) is 6.01. The highest BCUT2D eigenvalue weighted by molar-refractivity contribution is 5.60. The van der Waals surface area contributed by atoms with Gasteiger partial charge < -0.3 is 9.84 Å². The molecule has 0 saturated carbocycles. The van der Waals surface area contributed by atoms with E-state index in [1.165, 1.54) is 0 Å². The topological polar surface area (TPSA) is 29.5 Å². The van der Waals surface area contributed by atoms with Crippen molar-refractivity contribution in [3.05, 3.63) is 34.9 Å². The molecule has 0 radical (unpaired) electrons. The van der Waals surface area contributed by atoms with Gasteiger partial charge in [0, 0.05) is 17.5 Å². The second kappa shape index (κ2) is 3.80. The number of allylic oxidation sites excluding steroid dienone is 1. The Hall–Kier alpha value is -1.44. The standard InChI is InChI=1S/C15H20O2/c1-6-7-11-9(2)13(16)10(3)12-8-15(4,5)17-14(11)12/h6,16H,1,7-8H2,2-5H3. The van der Waals surface area contributed by atoms with Crippen LogP contribution in [0.5, 0.6) is 11.5 Å². The number of rotatable bonds is 2. The van der Waals surface area contributed by atoms with Gasteiger partial charge in [-0.05, 0) is 45.2 Å². The molecule has 0 spiro atoms. The molecule has 1 aromatic rings. The van der Waals surface area contributed by atoms with Gasteiger partial charge in [-0.2, -0.15) is 0 Å². The number of ether oxygens (including phenoxy) is 1. The zero-order valence-corrected chi connectivity index (χ0v) is 11.1. The summed E-state index contributed by atoms with van der Waals surface area (Å²) in [6.07, 6.45) is 3.44. The molecule has 0 atom stereocenters. The largest absolute Gasteiger partial charge is 0.507 e. The first-order chi connectivity index (χ1) is 7.87. The van der Waals surface area contributed by atoms with Crippen molar-refractivity contribution in [2.45, 2.75) is 46.1 Å². The van der Waals surface area contributed by atoms with Gasteiger partial charge in [-0.25, -0.2) is 0 Å². The van der Waals surface area contributed by atoms with E-state index in [2.05, 4.69) is 20.4 Å². The highest BCUT2D eigenvalue weighted by Gasteiger charge is 2.34. The lowest BCUT2D eigenvalue weighted by Gasteiger charge is -2.19. The summed E-state index contributed by atoms with van der Waals surface area (Å²) in [5, 5.41) is 10.2. The molecule has 0 aliphatic carbocycles. The molecule has 2 nitrogen and oxygen atoms in total. The number of hydrogen-bond donors (Lipinski definition) is 1. The number of phenolic OH excluding ortho intramolecular Hbond substituents is 1. The summed E-state index contributed by atoms with van der Waals surface area (Å²) in [7, 11) is 0. The third kappa shape index (κ3) is 1.82. The van der Waals surface area contributed by atoms with Crippen molar-refractivity contribution in [3.8, 4) is 11.5 Å². The summed E-state index contributed by atoms with van der Waals surface area (Å²) < 4.78 is 6.04. The van der Waals surface area contributed by atoms with Crippen molar-refractivity contribution in [2.24, 2.45) is 0 Å². The Labute approximate surface area is 103 Å². The van der Waals surface area contributed by atoms with E-state index in [0.29, 0.717) is 5.75 Å². The maximum atomic E-state index is 10.2. The van der Waals surface area contributed by atoms with Gasteiger partial charge in [0.05, 0.1) is 0 Å². The molecule has 2 heteroatoms. The minimum Gasteiger partial charge on any atom is -0.507 e. The van der Waals surface area contributed by atoms with Gasteiger partial charge >= 0.3 is 0 Å². The SMILES string of the molecule is C=CCc1c(C)c(O)c(C)c2c1OC(C)(C)C2. The minimum atomic E-state index is -0.177. The minimum absolute atomic E-state index is 0.177. The number of fused-ring (bicyclic) bond motifs is 1. The van der Waals surface area contributed by atoms with Crippen molar-refractivity contribution < 1.29 is 9.84 Å². The van der Waals surface area contributed by atoms with Crippen LogP contribution in [0.4, 0.5) is 0 Å². The molecule has 0 bridgehead atoms. The summed E-state index contributed by atoms with van der Waals surface area (Å²) >= 11 is 0. The van der Waals surface area contributed by atoms with Crippen molar-refractivity contribution in [2.75, 3.05) is 0 Å². The van der Waals surface area contributed by atoms with Gasteiger partial charge in [-0.15, -0.1) is 6.58 Å². The summed E-state index contributed by atoms with van der Waals surface area (Å²) in [6.45, 7) is 11.8. The van der Waals surface area contributed by atoms with Crippen LogP contribution in [0.3, 0.4) is 0 Å².